The van der Waals surface area contributed by atoms with Crippen LogP contribution in [0.4, 0.5) is 0 Å². The van der Waals surface area contributed by atoms with Crippen LogP contribution in [-0.4, -0.2) is 51.8 Å². The number of methoxy groups -OCH3 is 1. The normalized spacial score (nSPS) is 11.1. The van der Waals surface area contributed by atoms with Gasteiger partial charge in [0.1, 0.15) is 12.4 Å². The molecule has 0 aliphatic carbocycles. The SMILES string of the molecule is CCNC(=NCc1ccc(C)cc1OCCOC)NCC(=O)NCCc1ccccc1. The zero-order chi connectivity index (χ0) is 22.3. The Kier molecular flexibility index (Phi) is 11.0. The molecule has 0 aliphatic rings. The molecule has 7 nitrogen and oxygen atoms in total. The van der Waals surface area contributed by atoms with E-state index in [1.807, 2.05) is 50.2 Å². The number of carbonyl (C=O) groups is 1. The van der Waals surface area contributed by atoms with Gasteiger partial charge in [-0.1, -0.05) is 42.5 Å². The van der Waals surface area contributed by atoms with Crippen LogP contribution in [0.2, 0.25) is 0 Å². The third-order valence-corrected chi connectivity index (χ3v) is 4.51. The number of benzene rings is 2. The molecule has 0 aliphatic heterocycles. The lowest BCUT2D eigenvalue weighted by atomic mass is 10.1. The second-order valence-electron chi connectivity index (χ2n) is 7.09. The minimum Gasteiger partial charge on any atom is -0.491 e. The van der Waals surface area contributed by atoms with E-state index in [1.54, 1.807) is 7.11 Å². The van der Waals surface area contributed by atoms with Crippen molar-refractivity contribution >= 4 is 11.9 Å². The lowest BCUT2D eigenvalue weighted by molar-refractivity contribution is -0.119. The molecule has 168 valence electrons. The van der Waals surface area contributed by atoms with Gasteiger partial charge in [0.25, 0.3) is 0 Å². The highest BCUT2D eigenvalue weighted by Crippen LogP contribution is 2.21. The number of hydrogen-bond acceptors (Lipinski definition) is 4. The maximum absolute atomic E-state index is 12.2. The van der Waals surface area contributed by atoms with Gasteiger partial charge in [0, 0.05) is 25.8 Å². The van der Waals surface area contributed by atoms with Gasteiger partial charge in [0.15, 0.2) is 5.96 Å². The van der Waals surface area contributed by atoms with Crippen LogP contribution in [0, 0.1) is 6.92 Å². The Bertz CT molecular complexity index is 825. The molecule has 2 rings (SSSR count). The van der Waals surface area contributed by atoms with Crippen LogP contribution in [0.5, 0.6) is 5.75 Å². The number of nitrogens with zero attached hydrogens (tertiary/aromatic N) is 1. The summed E-state index contributed by atoms with van der Waals surface area (Å²) in [5.74, 6) is 1.32. The number of rotatable bonds is 12. The zero-order valence-electron chi connectivity index (χ0n) is 18.7. The number of hydrogen-bond donors (Lipinski definition) is 3. The van der Waals surface area contributed by atoms with Crippen molar-refractivity contribution in [2.24, 2.45) is 4.99 Å². The zero-order valence-corrected chi connectivity index (χ0v) is 18.7. The second kappa shape index (κ2) is 14.0. The second-order valence-corrected chi connectivity index (χ2v) is 7.09. The van der Waals surface area contributed by atoms with Crippen LogP contribution >= 0.6 is 0 Å². The fourth-order valence-corrected chi connectivity index (χ4v) is 2.89. The largest absolute Gasteiger partial charge is 0.491 e. The number of nitrogens with one attached hydrogen (secondary N) is 3. The molecule has 1 amide bonds. The fraction of sp³-hybridized carbons (Fsp3) is 0.417. The Labute approximate surface area is 185 Å². The molecule has 31 heavy (non-hydrogen) atoms. The van der Waals surface area contributed by atoms with E-state index in [2.05, 4.69) is 33.1 Å². The minimum absolute atomic E-state index is 0.0690. The van der Waals surface area contributed by atoms with Crippen molar-refractivity contribution < 1.29 is 14.3 Å². The maximum atomic E-state index is 12.2. The Hall–Kier alpha value is -3.06. The van der Waals surface area contributed by atoms with Crippen LogP contribution in [0.3, 0.4) is 0 Å². The molecular formula is C24H34N4O3. The molecule has 2 aromatic rings. The summed E-state index contributed by atoms with van der Waals surface area (Å²) in [5, 5.41) is 9.19. The average Bonchev–Trinajstić information content (AvgIpc) is 2.77. The predicted octanol–water partition coefficient (Wildman–Crippen LogP) is 2.43. The van der Waals surface area contributed by atoms with Gasteiger partial charge < -0.3 is 25.4 Å². The van der Waals surface area contributed by atoms with Crippen molar-refractivity contribution in [2.45, 2.75) is 26.8 Å². The third kappa shape index (κ3) is 9.53. The Balaban J connectivity index is 1.86. The van der Waals surface area contributed by atoms with E-state index in [1.165, 1.54) is 5.56 Å². The van der Waals surface area contributed by atoms with E-state index in [9.17, 15) is 4.79 Å². The number of amides is 1. The molecule has 0 bridgehead atoms. The van der Waals surface area contributed by atoms with Gasteiger partial charge in [-0.25, -0.2) is 4.99 Å². The lowest BCUT2D eigenvalue weighted by Crippen LogP contribution is -2.43. The number of guanidine groups is 1. The van der Waals surface area contributed by atoms with E-state index < -0.39 is 0 Å². The summed E-state index contributed by atoms with van der Waals surface area (Å²) in [6, 6.07) is 16.1. The quantitative estimate of drug-likeness (QED) is 0.276. The smallest absolute Gasteiger partial charge is 0.239 e. The first-order valence-electron chi connectivity index (χ1n) is 10.7. The van der Waals surface area contributed by atoms with Crippen molar-refractivity contribution in [3.8, 4) is 5.75 Å². The minimum atomic E-state index is -0.0690. The van der Waals surface area contributed by atoms with E-state index in [0.29, 0.717) is 38.8 Å². The number of ether oxygens (including phenoxy) is 2. The third-order valence-electron chi connectivity index (χ3n) is 4.51. The predicted molar refractivity (Wildman–Crippen MR) is 125 cm³/mol. The number of aryl methyl sites for hydroxylation is 1. The van der Waals surface area contributed by atoms with Gasteiger partial charge in [0.05, 0.1) is 19.7 Å². The van der Waals surface area contributed by atoms with Crippen molar-refractivity contribution in [3.63, 3.8) is 0 Å². The summed E-state index contributed by atoms with van der Waals surface area (Å²) >= 11 is 0. The molecule has 0 spiro atoms. The molecule has 0 aromatic heterocycles. The molecule has 0 unspecified atom stereocenters. The molecule has 2 aromatic carbocycles. The van der Waals surface area contributed by atoms with E-state index in [-0.39, 0.29) is 12.5 Å². The topological polar surface area (TPSA) is 84.0 Å². The first-order valence-corrected chi connectivity index (χ1v) is 10.7. The summed E-state index contributed by atoms with van der Waals surface area (Å²) in [5.41, 5.74) is 3.30. The van der Waals surface area contributed by atoms with Gasteiger partial charge in [-0.05, 0) is 37.5 Å². The highest BCUT2D eigenvalue weighted by molar-refractivity contribution is 5.86. The van der Waals surface area contributed by atoms with Crippen molar-refractivity contribution in [2.75, 3.05) is 40.0 Å². The maximum Gasteiger partial charge on any atom is 0.239 e. The molecule has 0 heterocycles. The van der Waals surface area contributed by atoms with E-state index in [0.717, 1.165) is 23.3 Å². The van der Waals surface area contributed by atoms with Gasteiger partial charge in [0.2, 0.25) is 5.91 Å². The molecule has 0 atom stereocenters. The highest BCUT2D eigenvalue weighted by atomic mass is 16.5. The van der Waals surface area contributed by atoms with Crippen LogP contribution in [-0.2, 0) is 22.5 Å². The monoisotopic (exact) mass is 426 g/mol. The summed E-state index contributed by atoms with van der Waals surface area (Å²) in [6.07, 6.45) is 0.806. The van der Waals surface area contributed by atoms with Crippen LogP contribution in [0.1, 0.15) is 23.6 Å². The van der Waals surface area contributed by atoms with Gasteiger partial charge >= 0.3 is 0 Å². The molecular weight excluding hydrogens is 392 g/mol. The number of aliphatic imine (C=N–C) groups is 1. The van der Waals surface area contributed by atoms with Gasteiger partial charge in [-0.15, -0.1) is 0 Å². The Morgan fingerprint density at radius 1 is 1.03 bits per heavy atom. The first-order chi connectivity index (χ1) is 15.1. The Morgan fingerprint density at radius 3 is 2.58 bits per heavy atom. The molecule has 0 fully saturated rings. The van der Waals surface area contributed by atoms with E-state index in [4.69, 9.17) is 9.47 Å². The molecule has 7 heteroatoms. The summed E-state index contributed by atoms with van der Waals surface area (Å²) in [4.78, 5) is 16.8. The number of carbonyl (C=O) groups excluding carboxylic acids is 1. The van der Waals surface area contributed by atoms with E-state index >= 15 is 0 Å². The summed E-state index contributed by atoms with van der Waals surface area (Å²) < 4.78 is 10.9. The van der Waals surface area contributed by atoms with Gasteiger partial charge in [-0.2, -0.15) is 0 Å². The Morgan fingerprint density at radius 2 is 1.84 bits per heavy atom. The van der Waals surface area contributed by atoms with Crippen LogP contribution < -0.4 is 20.7 Å². The van der Waals surface area contributed by atoms with Crippen molar-refractivity contribution in [1.29, 1.82) is 0 Å². The van der Waals surface area contributed by atoms with Gasteiger partial charge in [-0.3, -0.25) is 4.79 Å². The highest BCUT2D eigenvalue weighted by Gasteiger charge is 2.07. The molecule has 3 N–H and O–H groups in total. The average molecular weight is 427 g/mol. The van der Waals surface area contributed by atoms with Crippen molar-refractivity contribution in [1.82, 2.24) is 16.0 Å². The fourth-order valence-electron chi connectivity index (χ4n) is 2.89. The molecule has 0 saturated heterocycles. The van der Waals surface area contributed by atoms with Crippen molar-refractivity contribution in [3.05, 3.63) is 65.2 Å². The lowest BCUT2D eigenvalue weighted by Gasteiger charge is -2.13. The van der Waals surface area contributed by atoms with Crippen LogP contribution in [0.15, 0.2) is 53.5 Å². The van der Waals surface area contributed by atoms with Crippen LogP contribution in [0.25, 0.3) is 0 Å². The molecule has 0 radical (unpaired) electrons. The molecule has 0 saturated carbocycles. The first kappa shape index (κ1) is 24.2. The summed E-state index contributed by atoms with van der Waals surface area (Å²) in [6.45, 7) is 6.93. The summed E-state index contributed by atoms with van der Waals surface area (Å²) in [7, 11) is 1.65. The standard InChI is InChI=1S/C24H34N4O3/c1-4-25-24(28-18-23(29)26-13-12-20-8-6-5-7-9-20)27-17-21-11-10-19(2)16-22(21)31-15-14-30-3/h5-11,16H,4,12-15,17-18H2,1-3H3,(H,26,29)(H2,25,27,28).